The number of nitrogens with zero attached hydrogens (tertiary/aromatic N) is 1. The van der Waals surface area contributed by atoms with Crippen molar-refractivity contribution in [2.75, 3.05) is 19.6 Å². The van der Waals surface area contributed by atoms with Crippen LogP contribution in [0.3, 0.4) is 0 Å². The second kappa shape index (κ2) is 8.97. The van der Waals surface area contributed by atoms with Crippen molar-refractivity contribution in [2.45, 2.75) is 79.8 Å². The molecule has 0 saturated heterocycles. The van der Waals surface area contributed by atoms with E-state index < -0.39 is 0 Å². The summed E-state index contributed by atoms with van der Waals surface area (Å²) < 4.78 is 0. The fourth-order valence-electron chi connectivity index (χ4n) is 2.42. The summed E-state index contributed by atoms with van der Waals surface area (Å²) in [5, 5.41) is 3.58. The van der Waals surface area contributed by atoms with Crippen molar-refractivity contribution in [2.24, 2.45) is 11.8 Å². The van der Waals surface area contributed by atoms with Crippen LogP contribution in [0.25, 0.3) is 0 Å². The van der Waals surface area contributed by atoms with Gasteiger partial charge in [0.2, 0.25) is 0 Å². The molecule has 0 fully saturated rings. The van der Waals surface area contributed by atoms with E-state index in [4.69, 9.17) is 0 Å². The Kier molecular flexibility index (Phi) is 8.93. The van der Waals surface area contributed by atoms with Crippen LogP contribution >= 0.6 is 0 Å². The minimum Gasteiger partial charge on any atom is -0.312 e. The van der Waals surface area contributed by atoms with Crippen LogP contribution in [0.2, 0.25) is 0 Å². The third kappa shape index (κ3) is 11.4. The van der Waals surface area contributed by atoms with E-state index in [9.17, 15) is 0 Å². The van der Waals surface area contributed by atoms with Gasteiger partial charge < -0.3 is 10.2 Å². The minimum absolute atomic E-state index is 0.249. The summed E-state index contributed by atoms with van der Waals surface area (Å²) in [5.41, 5.74) is 0.249. The number of rotatable bonds is 9. The van der Waals surface area contributed by atoms with E-state index in [2.05, 4.69) is 65.6 Å². The number of hydrogen-bond donors (Lipinski definition) is 1. The fraction of sp³-hybridized carbons (Fsp3) is 1.00. The molecule has 0 radical (unpaired) electrons. The topological polar surface area (TPSA) is 15.3 Å². The highest BCUT2D eigenvalue weighted by Gasteiger charge is 2.16. The Balaban J connectivity index is 4.06. The molecule has 0 saturated carbocycles. The van der Waals surface area contributed by atoms with Crippen molar-refractivity contribution in [3.63, 3.8) is 0 Å². The zero-order chi connectivity index (χ0) is 15.1. The molecule has 2 nitrogen and oxygen atoms in total. The van der Waals surface area contributed by atoms with Gasteiger partial charge in [-0.3, -0.25) is 0 Å². The summed E-state index contributed by atoms with van der Waals surface area (Å²) >= 11 is 0. The summed E-state index contributed by atoms with van der Waals surface area (Å²) in [6.45, 7) is 22.0. The Labute approximate surface area is 122 Å². The van der Waals surface area contributed by atoms with Crippen molar-refractivity contribution in [3.05, 3.63) is 0 Å². The first-order valence-corrected chi connectivity index (χ1v) is 8.11. The highest BCUT2D eigenvalue weighted by molar-refractivity contribution is 4.73. The van der Waals surface area contributed by atoms with Crippen molar-refractivity contribution in [1.82, 2.24) is 10.2 Å². The van der Waals surface area contributed by atoms with Crippen LogP contribution in [0.15, 0.2) is 0 Å². The molecule has 0 aliphatic rings. The van der Waals surface area contributed by atoms with E-state index in [0.717, 1.165) is 18.4 Å². The molecule has 0 aromatic carbocycles. The molecule has 0 spiro atoms. The Morgan fingerprint density at radius 3 is 1.74 bits per heavy atom. The lowest BCUT2D eigenvalue weighted by Crippen LogP contribution is -2.40. The average Bonchev–Trinajstić information content (AvgIpc) is 2.20. The van der Waals surface area contributed by atoms with Gasteiger partial charge in [0, 0.05) is 24.7 Å². The lowest BCUT2D eigenvalue weighted by Gasteiger charge is -2.32. The second-order valence-corrected chi connectivity index (χ2v) is 7.91. The first-order valence-electron chi connectivity index (χ1n) is 8.11. The summed E-state index contributed by atoms with van der Waals surface area (Å²) in [4.78, 5) is 2.67. The quantitative estimate of drug-likeness (QED) is 0.633. The molecule has 0 aliphatic carbocycles. The lowest BCUT2D eigenvalue weighted by atomic mass is 10.1. The normalized spacial score (nSPS) is 14.7. The average molecular weight is 271 g/mol. The van der Waals surface area contributed by atoms with Crippen LogP contribution in [0.4, 0.5) is 0 Å². The van der Waals surface area contributed by atoms with Crippen LogP contribution in [0, 0.1) is 11.8 Å². The van der Waals surface area contributed by atoms with Crippen molar-refractivity contribution in [1.29, 1.82) is 0 Å². The Morgan fingerprint density at radius 1 is 0.895 bits per heavy atom. The SMILES string of the molecule is CC(C)CN(CC(C)C)C(C)CCCNC(C)(C)C. The van der Waals surface area contributed by atoms with E-state index in [1.54, 1.807) is 0 Å². The molecule has 1 atom stereocenters. The standard InChI is InChI=1S/C17H38N2/c1-14(2)12-19(13-15(3)4)16(5)10-9-11-18-17(6,7)8/h14-16,18H,9-13H2,1-8H3. The highest BCUT2D eigenvalue weighted by Crippen LogP contribution is 2.12. The van der Waals surface area contributed by atoms with Crippen molar-refractivity contribution >= 4 is 0 Å². The van der Waals surface area contributed by atoms with Crippen molar-refractivity contribution in [3.8, 4) is 0 Å². The van der Waals surface area contributed by atoms with Gasteiger partial charge in [-0.15, -0.1) is 0 Å². The van der Waals surface area contributed by atoms with Gasteiger partial charge in [0.1, 0.15) is 0 Å². The number of hydrogen-bond acceptors (Lipinski definition) is 2. The summed E-state index contributed by atoms with van der Waals surface area (Å²) in [5.74, 6) is 1.52. The molecular formula is C17H38N2. The molecule has 0 aliphatic heterocycles. The third-order valence-electron chi connectivity index (χ3n) is 3.28. The van der Waals surface area contributed by atoms with E-state index in [0.29, 0.717) is 6.04 Å². The summed E-state index contributed by atoms with van der Waals surface area (Å²) in [7, 11) is 0. The maximum Gasteiger partial charge on any atom is 0.00965 e. The van der Waals surface area contributed by atoms with Gasteiger partial charge in [-0.25, -0.2) is 0 Å². The molecular weight excluding hydrogens is 232 g/mol. The molecule has 0 aromatic heterocycles. The largest absolute Gasteiger partial charge is 0.312 e. The van der Waals surface area contributed by atoms with Crippen LogP contribution in [0.1, 0.15) is 68.2 Å². The molecule has 0 rings (SSSR count). The zero-order valence-corrected chi connectivity index (χ0v) is 14.7. The fourth-order valence-corrected chi connectivity index (χ4v) is 2.42. The third-order valence-corrected chi connectivity index (χ3v) is 3.28. The molecule has 116 valence electrons. The van der Waals surface area contributed by atoms with Crippen LogP contribution in [-0.2, 0) is 0 Å². The molecule has 19 heavy (non-hydrogen) atoms. The zero-order valence-electron chi connectivity index (χ0n) is 14.7. The van der Waals surface area contributed by atoms with Gasteiger partial charge in [-0.2, -0.15) is 0 Å². The molecule has 0 aromatic rings. The van der Waals surface area contributed by atoms with Gasteiger partial charge in [0.05, 0.1) is 0 Å². The molecule has 0 heterocycles. The van der Waals surface area contributed by atoms with E-state index in [1.165, 1.54) is 25.9 Å². The maximum atomic E-state index is 3.58. The Morgan fingerprint density at radius 2 is 1.37 bits per heavy atom. The maximum absolute atomic E-state index is 3.58. The first-order chi connectivity index (χ1) is 8.61. The highest BCUT2D eigenvalue weighted by atomic mass is 15.1. The van der Waals surface area contributed by atoms with Crippen molar-refractivity contribution < 1.29 is 0 Å². The van der Waals surface area contributed by atoms with Crippen LogP contribution in [-0.4, -0.2) is 36.1 Å². The van der Waals surface area contributed by atoms with Crippen LogP contribution < -0.4 is 5.32 Å². The molecule has 1 unspecified atom stereocenters. The molecule has 2 heteroatoms. The molecule has 0 bridgehead atoms. The summed E-state index contributed by atoms with van der Waals surface area (Å²) in [6.07, 6.45) is 2.56. The van der Waals surface area contributed by atoms with E-state index in [-0.39, 0.29) is 5.54 Å². The second-order valence-electron chi connectivity index (χ2n) is 7.91. The van der Waals surface area contributed by atoms with Gasteiger partial charge in [-0.05, 0) is 58.9 Å². The number of nitrogens with one attached hydrogen (secondary N) is 1. The predicted octanol–water partition coefficient (Wildman–Crippen LogP) is 4.16. The Hall–Kier alpha value is -0.0800. The van der Waals surface area contributed by atoms with Crippen LogP contribution in [0.5, 0.6) is 0 Å². The van der Waals surface area contributed by atoms with Gasteiger partial charge in [0.25, 0.3) is 0 Å². The van der Waals surface area contributed by atoms with Gasteiger partial charge >= 0.3 is 0 Å². The smallest absolute Gasteiger partial charge is 0.00965 e. The molecule has 1 N–H and O–H groups in total. The Bertz CT molecular complexity index is 206. The monoisotopic (exact) mass is 270 g/mol. The lowest BCUT2D eigenvalue weighted by molar-refractivity contribution is 0.157. The first kappa shape index (κ1) is 18.9. The summed E-state index contributed by atoms with van der Waals surface area (Å²) in [6, 6.07) is 0.701. The van der Waals surface area contributed by atoms with Gasteiger partial charge in [-0.1, -0.05) is 27.7 Å². The minimum atomic E-state index is 0.249. The van der Waals surface area contributed by atoms with E-state index in [1.807, 2.05) is 0 Å². The predicted molar refractivity (Wildman–Crippen MR) is 87.7 cm³/mol. The molecule has 0 amide bonds. The van der Waals surface area contributed by atoms with E-state index >= 15 is 0 Å². The van der Waals surface area contributed by atoms with Gasteiger partial charge in [0.15, 0.2) is 0 Å².